The van der Waals surface area contributed by atoms with Gasteiger partial charge >= 0.3 is 6.03 Å². The Morgan fingerprint density at radius 1 is 1.42 bits per heavy atom. The molecule has 2 aliphatic heterocycles. The molecule has 1 aromatic rings. The smallest absolute Gasteiger partial charge is 0.317 e. The van der Waals surface area contributed by atoms with Gasteiger partial charge in [0.2, 0.25) is 0 Å². The predicted molar refractivity (Wildman–Crippen MR) is 74.0 cm³/mol. The second-order valence-corrected chi connectivity index (χ2v) is 5.04. The largest absolute Gasteiger partial charge is 0.388 e. The third-order valence-electron chi connectivity index (χ3n) is 3.45. The lowest BCUT2D eigenvalue weighted by atomic mass is 10.2. The van der Waals surface area contributed by atoms with Crippen LogP contribution in [0.2, 0.25) is 0 Å². The van der Waals surface area contributed by atoms with E-state index in [1.165, 1.54) is 0 Å². The van der Waals surface area contributed by atoms with Gasteiger partial charge in [0.15, 0.2) is 0 Å². The maximum atomic E-state index is 11.5. The maximum Gasteiger partial charge on any atom is 0.317 e. The van der Waals surface area contributed by atoms with Crippen LogP contribution in [-0.4, -0.2) is 58.1 Å². The summed E-state index contributed by atoms with van der Waals surface area (Å²) in [5, 5.41) is 2.85. The molecule has 2 amide bonds. The molecule has 0 spiro atoms. The Morgan fingerprint density at radius 3 is 2.95 bits per heavy atom. The van der Waals surface area contributed by atoms with Crippen molar-refractivity contribution in [2.24, 2.45) is 5.73 Å². The van der Waals surface area contributed by atoms with Crippen molar-refractivity contribution < 1.29 is 4.79 Å². The summed E-state index contributed by atoms with van der Waals surface area (Å²) in [5.74, 6) is 0.791. The zero-order valence-electron chi connectivity index (χ0n) is 10.2. The van der Waals surface area contributed by atoms with Crippen LogP contribution < -0.4 is 16.0 Å². The number of piperazine rings is 1. The predicted octanol–water partition coefficient (Wildman–Crippen LogP) is -0.675. The molecular weight excluding hydrogens is 264 g/mol. The SMILES string of the molecule is NC(=S)c1cnc(N2CCN3C(=O)NCC3C2)cn1. The van der Waals surface area contributed by atoms with Crippen LogP contribution in [0.1, 0.15) is 5.69 Å². The number of anilines is 1. The minimum Gasteiger partial charge on any atom is -0.388 e. The summed E-state index contributed by atoms with van der Waals surface area (Å²) in [6, 6.07) is 0.234. The number of rotatable bonds is 2. The molecule has 0 aromatic carbocycles. The first-order valence-corrected chi connectivity index (χ1v) is 6.47. The van der Waals surface area contributed by atoms with Crippen molar-refractivity contribution in [3.05, 3.63) is 18.1 Å². The molecule has 2 aliphatic rings. The van der Waals surface area contributed by atoms with Gasteiger partial charge in [-0.25, -0.2) is 14.8 Å². The first kappa shape index (κ1) is 12.1. The topological polar surface area (TPSA) is 87.4 Å². The first-order valence-electron chi connectivity index (χ1n) is 6.06. The highest BCUT2D eigenvalue weighted by atomic mass is 32.1. The van der Waals surface area contributed by atoms with E-state index in [0.29, 0.717) is 18.8 Å². The average Bonchev–Trinajstić information content (AvgIpc) is 2.80. The standard InChI is InChI=1S/C11H14N6OS/c12-10(19)8-4-14-9(5-13-8)16-1-2-17-7(6-16)3-15-11(17)18/h4-5,7H,1-3,6H2,(H2,12,19)(H,15,18). The van der Waals surface area contributed by atoms with E-state index in [1.54, 1.807) is 12.4 Å². The number of aromatic nitrogens is 2. The van der Waals surface area contributed by atoms with E-state index in [2.05, 4.69) is 20.2 Å². The van der Waals surface area contributed by atoms with Crippen LogP contribution in [0.15, 0.2) is 12.4 Å². The molecule has 3 heterocycles. The summed E-state index contributed by atoms with van der Waals surface area (Å²) in [6.07, 6.45) is 3.26. The zero-order chi connectivity index (χ0) is 13.4. The van der Waals surface area contributed by atoms with Gasteiger partial charge in [-0.3, -0.25) is 0 Å². The zero-order valence-corrected chi connectivity index (χ0v) is 11.1. The monoisotopic (exact) mass is 278 g/mol. The summed E-state index contributed by atoms with van der Waals surface area (Å²) in [4.78, 5) is 24.3. The summed E-state index contributed by atoms with van der Waals surface area (Å²) in [5.41, 5.74) is 6.01. The van der Waals surface area contributed by atoms with E-state index in [0.717, 1.165) is 18.9 Å². The molecule has 2 fully saturated rings. The van der Waals surface area contributed by atoms with Gasteiger partial charge in [-0.15, -0.1) is 0 Å². The Labute approximate surface area is 115 Å². The number of hydrogen-bond acceptors (Lipinski definition) is 5. The van der Waals surface area contributed by atoms with E-state index >= 15 is 0 Å². The Bertz CT molecular complexity index is 518. The number of fused-ring (bicyclic) bond motifs is 1. The van der Waals surface area contributed by atoms with Crippen molar-refractivity contribution in [3.8, 4) is 0 Å². The molecule has 0 aliphatic carbocycles. The Hall–Kier alpha value is -1.96. The van der Waals surface area contributed by atoms with Crippen molar-refractivity contribution in [2.75, 3.05) is 31.1 Å². The molecule has 2 saturated heterocycles. The summed E-state index contributed by atoms with van der Waals surface area (Å²) in [7, 11) is 0. The molecule has 3 N–H and O–H groups in total. The van der Waals surface area contributed by atoms with Crippen molar-refractivity contribution in [1.82, 2.24) is 20.2 Å². The van der Waals surface area contributed by atoms with E-state index in [1.807, 2.05) is 4.90 Å². The van der Waals surface area contributed by atoms with Gasteiger partial charge in [0, 0.05) is 26.2 Å². The Kier molecular flexibility index (Phi) is 2.94. The molecule has 8 heteroatoms. The molecule has 0 bridgehead atoms. The quantitative estimate of drug-likeness (QED) is 0.697. The van der Waals surface area contributed by atoms with Crippen molar-refractivity contribution in [2.45, 2.75) is 6.04 Å². The molecule has 100 valence electrons. The maximum absolute atomic E-state index is 11.5. The number of nitrogens with two attached hydrogens (primary N) is 1. The second-order valence-electron chi connectivity index (χ2n) is 4.60. The molecule has 3 rings (SSSR count). The molecule has 1 atom stereocenters. The molecule has 1 unspecified atom stereocenters. The number of amides is 2. The van der Waals surface area contributed by atoms with Gasteiger partial charge < -0.3 is 20.9 Å². The van der Waals surface area contributed by atoms with Crippen LogP contribution in [0.3, 0.4) is 0 Å². The Balaban J connectivity index is 1.73. The van der Waals surface area contributed by atoms with Gasteiger partial charge in [0.25, 0.3) is 0 Å². The van der Waals surface area contributed by atoms with Crippen LogP contribution in [-0.2, 0) is 0 Å². The first-order chi connectivity index (χ1) is 9.15. The van der Waals surface area contributed by atoms with Crippen LogP contribution >= 0.6 is 12.2 Å². The fraction of sp³-hybridized carbons (Fsp3) is 0.455. The molecule has 19 heavy (non-hydrogen) atoms. The lowest BCUT2D eigenvalue weighted by Gasteiger charge is -2.36. The fourth-order valence-electron chi connectivity index (χ4n) is 2.42. The van der Waals surface area contributed by atoms with Gasteiger partial charge in [-0.2, -0.15) is 0 Å². The van der Waals surface area contributed by atoms with Gasteiger partial charge in [-0.05, 0) is 0 Å². The van der Waals surface area contributed by atoms with Gasteiger partial charge in [-0.1, -0.05) is 12.2 Å². The number of thiocarbonyl (C=S) groups is 1. The summed E-state index contributed by atoms with van der Waals surface area (Å²) >= 11 is 4.85. The van der Waals surface area contributed by atoms with E-state index in [4.69, 9.17) is 18.0 Å². The van der Waals surface area contributed by atoms with E-state index in [-0.39, 0.29) is 17.1 Å². The highest BCUT2D eigenvalue weighted by molar-refractivity contribution is 7.80. The molecule has 1 aromatic heterocycles. The molecular formula is C11H14N6OS. The average molecular weight is 278 g/mol. The number of nitrogens with one attached hydrogen (secondary N) is 1. The number of hydrogen-bond donors (Lipinski definition) is 2. The molecule has 7 nitrogen and oxygen atoms in total. The lowest BCUT2D eigenvalue weighted by Crippen LogP contribution is -2.52. The number of carbonyl (C=O) groups is 1. The second kappa shape index (κ2) is 4.61. The lowest BCUT2D eigenvalue weighted by molar-refractivity contribution is 0.197. The third-order valence-corrected chi connectivity index (χ3v) is 3.66. The van der Waals surface area contributed by atoms with Crippen LogP contribution in [0.5, 0.6) is 0 Å². The third kappa shape index (κ3) is 2.19. The summed E-state index contributed by atoms with van der Waals surface area (Å²) < 4.78 is 0. The highest BCUT2D eigenvalue weighted by Crippen LogP contribution is 2.18. The van der Waals surface area contributed by atoms with Crippen LogP contribution in [0, 0.1) is 0 Å². The summed E-state index contributed by atoms with van der Waals surface area (Å²) in [6.45, 7) is 2.91. The van der Waals surface area contributed by atoms with Crippen molar-refractivity contribution >= 4 is 29.1 Å². The number of nitrogens with zero attached hydrogens (tertiary/aromatic N) is 4. The van der Waals surface area contributed by atoms with Crippen molar-refractivity contribution in [3.63, 3.8) is 0 Å². The minimum absolute atomic E-state index is 0.0274. The normalized spacial score (nSPS) is 22.1. The fourth-order valence-corrected chi connectivity index (χ4v) is 2.53. The van der Waals surface area contributed by atoms with Gasteiger partial charge in [0.05, 0.1) is 18.4 Å². The number of urea groups is 1. The van der Waals surface area contributed by atoms with Crippen molar-refractivity contribution in [1.29, 1.82) is 0 Å². The minimum atomic E-state index is 0.0274. The Morgan fingerprint density at radius 2 is 2.26 bits per heavy atom. The molecule has 0 saturated carbocycles. The van der Waals surface area contributed by atoms with E-state index in [9.17, 15) is 4.79 Å². The number of carbonyl (C=O) groups excluding carboxylic acids is 1. The van der Waals surface area contributed by atoms with Crippen LogP contribution in [0.4, 0.5) is 10.6 Å². The highest BCUT2D eigenvalue weighted by Gasteiger charge is 2.35. The van der Waals surface area contributed by atoms with Gasteiger partial charge in [0.1, 0.15) is 16.5 Å². The molecule has 0 radical (unpaired) electrons. The van der Waals surface area contributed by atoms with Crippen LogP contribution in [0.25, 0.3) is 0 Å². The van der Waals surface area contributed by atoms with E-state index < -0.39 is 0 Å².